The summed E-state index contributed by atoms with van der Waals surface area (Å²) in [4.78, 5) is 4.07. The van der Waals surface area contributed by atoms with E-state index in [1.807, 2.05) is 0 Å². The van der Waals surface area contributed by atoms with Gasteiger partial charge in [0.15, 0.2) is 0 Å². The number of hydrogen-bond donors (Lipinski definition) is 3. The van der Waals surface area contributed by atoms with Crippen LogP contribution in [0.3, 0.4) is 0 Å². The third kappa shape index (κ3) is 2.98. The molecular weight excluding hydrogens is 252 g/mol. The zero-order chi connectivity index (χ0) is 13.2. The van der Waals surface area contributed by atoms with Crippen molar-refractivity contribution in [1.82, 2.24) is 9.71 Å². The van der Waals surface area contributed by atoms with Crippen LogP contribution in [0.4, 0.5) is 5.82 Å². The summed E-state index contributed by atoms with van der Waals surface area (Å²) in [6, 6.07) is 2.91. The molecule has 2 unspecified atom stereocenters. The van der Waals surface area contributed by atoms with Crippen molar-refractivity contribution in [2.75, 3.05) is 5.43 Å². The van der Waals surface area contributed by atoms with Gasteiger partial charge in [0, 0.05) is 18.3 Å². The average molecular weight is 270 g/mol. The van der Waals surface area contributed by atoms with E-state index in [2.05, 4.69) is 22.1 Å². The SMILES string of the molecule is CC1CCC(NS(=O)(=O)c2ccnc(NN)c2)C1. The second-order valence-electron chi connectivity index (χ2n) is 4.76. The van der Waals surface area contributed by atoms with Gasteiger partial charge in [0.1, 0.15) is 5.82 Å². The van der Waals surface area contributed by atoms with Crippen LogP contribution in [0.25, 0.3) is 0 Å². The summed E-state index contributed by atoms with van der Waals surface area (Å²) in [7, 11) is -3.49. The minimum atomic E-state index is -3.49. The number of nitrogens with zero attached hydrogens (tertiary/aromatic N) is 1. The van der Waals surface area contributed by atoms with E-state index >= 15 is 0 Å². The molecule has 2 atom stereocenters. The second-order valence-corrected chi connectivity index (χ2v) is 6.47. The van der Waals surface area contributed by atoms with E-state index in [1.54, 1.807) is 0 Å². The Hall–Kier alpha value is -1.18. The molecule has 1 aromatic heterocycles. The fourth-order valence-corrected chi connectivity index (χ4v) is 3.55. The zero-order valence-corrected chi connectivity index (χ0v) is 11.1. The van der Waals surface area contributed by atoms with E-state index in [1.165, 1.54) is 18.3 Å². The van der Waals surface area contributed by atoms with Crippen molar-refractivity contribution in [1.29, 1.82) is 0 Å². The molecular formula is C11H18N4O2S. The lowest BCUT2D eigenvalue weighted by atomic mass is 10.1. The smallest absolute Gasteiger partial charge is 0.241 e. The lowest BCUT2D eigenvalue weighted by Gasteiger charge is -2.13. The van der Waals surface area contributed by atoms with Gasteiger partial charge in [0.05, 0.1) is 4.90 Å². The number of anilines is 1. The molecule has 0 radical (unpaired) electrons. The molecule has 7 heteroatoms. The summed E-state index contributed by atoms with van der Waals surface area (Å²) in [6.45, 7) is 2.14. The number of nitrogens with two attached hydrogens (primary N) is 1. The van der Waals surface area contributed by atoms with Gasteiger partial charge in [-0.15, -0.1) is 0 Å². The van der Waals surface area contributed by atoms with Crippen LogP contribution < -0.4 is 16.0 Å². The second kappa shape index (κ2) is 5.21. The zero-order valence-electron chi connectivity index (χ0n) is 10.3. The first-order valence-corrected chi connectivity index (χ1v) is 7.44. The Balaban J connectivity index is 2.14. The number of nitrogens with one attached hydrogen (secondary N) is 2. The van der Waals surface area contributed by atoms with Crippen LogP contribution in [0.1, 0.15) is 26.2 Å². The molecule has 0 spiro atoms. The molecule has 0 aliphatic heterocycles. The number of hydrogen-bond acceptors (Lipinski definition) is 5. The third-order valence-electron chi connectivity index (χ3n) is 3.21. The maximum atomic E-state index is 12.2. The highest BCUT2D eigenvalue weighted by molar-refractivity contribution is 7.89. The van der Waals surface area contributed by atoms with Crippen molar-refractivity contribution in [3.63, 3.8) is 0 Å². The molecule has 4 N–H and O–H groups in total. The van der Waals surface area contributed by atoms with Crippen LogP contribution in [0, 0.1) is 5.92 Å². The fraction of sp³-hybridized carbons (Fsp3) is 0.545. The van der Waals surface area contributed by atoms with Gasteiger partial charge in [0.2, 0.25) is 10.0 Å². The quantitative estimate of drug-likeness (QED) is 0.556. The first kappa shape index (κ1) is 13.3. The first-order valence-electron chi connectivity index (χ1n) is 5.96. The Morgan fingerprint density at radius 1 is 1.44 bits per heavy atom. The molecule has 0 saturated heterocycles. The van der Waals surface area contributed by atoms with Gasteiger partial charge in [-0.05, 0) is 31.2 Å². The van der Waals surface area contributed by atoms with Crippen LogP contribution in [0.15, 0.2) is 23.2 Å². The molecule has 1 aliphatic carbocycles. The maximum Gasteiger partial charge on any atom is 0.241 e. The van der Waals surface area contributed by atoms with Gasteiger partial charge >= 0.3 is 0 Å². The van der Waals surface area contributed by atoms with Crippen LogP contribution in [-0.4, -0.2) is 19.4 Å². The normalized spacial score (nSPS) is 24.1. The molecule has 1 heterocycles. The Morgan fingerprint density at radius 3 is 2.83 bits per heavy atom. The molecule has 0 amide bonds. The molecule has 100 valence electrons. The molecule has 1 aromatic rings. The van der Waals surface area contributed by atoms with Crippen LogP contribution >= 0.6 is 0 Å². The summed E-state index contributed by atoms with van der Waals surface area (Å²) in [5.74, 6) is 6.13. The van der Waals surface area contributed by atoms with E-state index in [0.29, 0.717) is 11.7 Å². The third-order valence-corrected chi connectivity index (χ3v) is 4.72. The molecule has 0 aromatic carbocycles. The van der Waals surface area contributed by atoms with Gasteiger partial charge in [-0.3, -0.25) is 0 Å². The van der Waals surface area contributed by atoms with Crippen LogP contribution in [-0.2, 0) is 10.0 Å². The molecule has 1 aliphatic rings. The van der Waals surface area contributed by atoms with Crippen LogP contribution in [0.2, 0.25) is 0 Å². The molecule has 6 nitrogen and oxygen atoms in total. The largest absolute Gasteiger partial charge is 0.308 e. The van der Waals surface area contributed by atoms with Crippen LogP contribution in [0.5, 0.6) is 0 Å². The van der Waals surface area contributed by atoms with Gasteiger partial charge in [-0.25, -0.2) is 24.0 Å². The summed E-state index contributed by atoms with van der Waals surface area (Å²) < 4.78 is 27.0. The van der Waals surface area contributed by atoms with Gasteiger partial charge in [0.25, 0.3) is 0 Å². The van der Waals surface area contributed by atoms with Gasteiger partial charge < -0.3 is 5.43 Å². The highest BCUT2D eigenvalue weighted by atomic mass is 32.2. The van der Waals surface area contributed by atoms with E-state index < -0.39 is 10.0 Å². The highest BCUT2D eigenvalue weighted by Gasteiger charge is 2.26. The van der Waals surface area contributed by atoms with Gasteiger partial charge in [-0.1, -0.05) is 6.92 Å². The standard InChI is InChI=1S/C11H18N4O2S/c1-8-2-3-9(6-8)15-18(16,17)10-4-5-13-11(7-10)14-12/h4-5,7-9,15H,2-3,6,12H2,1H3,(H,13,14). The maximum absolute atomic E-state index is 12.2. The monoisotopic (exact) mass is 270 g/mol. The fourth-order valence-electron chi connectivity index (χ4n) is 2.26. The first-order chi connectivity index (χ1) is 8.51. The van der Waals surface area contributed by atoms with E-state index in [-0.39, 0.29) is 10.9 Å². The lowest BCUT2D eigenvalue weighted by Crippen LogP contribution is -2.33. The number of sulfonamides is 1. The van der Waals surface area contributed by atoms with E-state index in [9.17, 15) is 8.42 Å². The minimum absolute atomic E-state index is 0.0347. The lowest BCUT2D eigenvalue weighted by molar-refractivity contribution is 0.538. The summed E-state index contributed by atoms with van der Waals surface area (Å²) in [5, 5.41) is 0. The molecule has 1 fully saturated rings. The van der Waals surface area contributed by atoms with Crippen molar-refractivity contribution in [3.8, 4) is 0 Å². The van der Waals surface area contributed by atoms with Crippen molar-refractivity contribution in [3.05, 3.63) is 18.3 Å². The highest BCUT2D eigenvalue weighted by Crippen LogP contribution is 2.26. The molecule has 0 bridgehead atoms. The number of rotatable bonds is 4. The molecule has 1 saturated carbocycles. The Kier molecular flexibility index (Phi) is 3.84. The summed E-state index contributed by atoms with van der Waals surface area (Å²) in [5.41, 5.74) is 2.34. The summed E-state index contributed by atoms with van der Waals surface area (Å²) in [6.07, 6.45) is 4.28. The Bertz CT molecular complexity index is 518. The van der Waals surface area contributed by atoms with Crippen molar-refractivity contribution < 1.29 is 8.42 Å². The summed E-state index contributed by atoms with van der Waals surface area (Å²) >= 11 is 0. The topological polar surface area (TPSA) is 97.1 Å². The number of pyridine rings is 1. The van der Waals surface area contributed by atoms with E-state index in [4.69, 9.17) is 5.84 Å². The number of aromatic nitrogens is 1. The van der Waals surface area contributed by atoms with E-state index in [0.717, 1.165) is 19.3 Å². The van der Waals surface area contributed by atoms with Crippen molar-refractivity contribution in [2.45, 2.75) is 37.1 Å². The Labute approximate surface area is 107 Å². The number of hydrazine groups is 1. The number of nitrogen functional groups attached to an aromatic ring is 1. The Morgan fingerprint density at radius 2 is 2.22 bits per heavy atom. The molecule has 18 heavy (non-hydrogen) atoms. The minimum Gasteiger partial charge on any atom is -0.308 e. The van der Waals surface area contributed by atoms with Gasteiger partial charge in [-0.2, -0.15) is 0 Å². The predicted octanol–water partition coefficient (Wildman–Crippen LogP) is 0.834. The predicted molar refractivity (Wildman–Crippen MR) is 69.2 cm³/mol. The molecule has 2 rings (SSSR count). The average Bonchev–Trinajstić information content (AvgIpc) is 2.74. The van der Waals surface area contributed by atoms with Crippen molar-refractivity contribution in [2.24, 2.45) is 11.8 Å². The van der Waals surface area contributed by atoms with Crippen molar-refractivity contribution >= 4 is 15.8 Å².